The van der Waals surface area contributed by atoms with E-state index in [4.69, 9.17) is 10.5 Å². The summed E-state index contributed by atoms with van der Waals surface area (Å²) < 4.78 is 5.14. The average molecular weight is 352 g/mol. The number of carbonyl (C=O) groups excluding carboxylic acids is 2. The van der Waals surface area contributed by atoms with E-state index in [1.54, 1.807) is 12.3 Å². The highest BCUT2D eigenvalue weighted by atomic mass is 16.5. The minimum absolute atomic E-state index is 0.127. The van der Waals surface area contributed by atoms with Gasteiger partial charge in [-0.25, -0.2) is 0 Å². The SMILES string of the molecule is Cc1ccncc1CC/C=C/C(=O)[C@@H](N)CC(=O)OCc1ccccc1. The number of esters is 1. The maximum absolute atomic E-state index is 12.0. The fourth-order valence-electron chi connectivity index (χ4n) is 2.40. The number of rotatable bonds is 9. The van der Waals surface area contributed by atoms with Gasteiger partial charge in [0.2, 0.25) is 0 Å². The van der Waals surface area contributed by atoms with Crippen LogP contribution in [0.3, 0.4) is 0 Å². The molecule has 0 saturated heterocycles. The monoisotopic (exact) mass is 352 g/mol. The number of pyridine rings is 1. The summed E-state index contributed by atoms with van der Waals surface area (Å²) in [5.74, 6) is -0.751. The van der Waals surface area contributed by atoms with Gasteiger partial charge in [-0.15, -0.1) is 0 Å². The Kier molecular flexibility index (Phi) is 7.71. The number of allylic oxidation sites excluding steroid dienone is 1. The van der Waals surface area contributed by atoms with Gasteiger partial charge in [-0.3, -0.25) is 14.6 Å². The Morgan fingerprint density at radius 3 is 2.73 bits per heavy atom. The number of carbonyl (C=O) groups is 2. The van der Waals surface area contributed by atoms with Gasteiger partial charge in [-0.1, -0.05) is 36.4 Å². The third-order valence-corrected chi connectivity index (χ3v) is 4.00. The molecule has 0 fully saturated rings. The standard InChI is InChI=1S/C21H24N2O3/c1-16-11-12-23-14-18(16)9-5-6-10-20(24)19(22)13-21(25)26-15-17-7-3-2-4-8-17/h2-4,6-8,10-12,14,19H,5,9,13,15,22H2,1H3/b10-6+/t19-/m0/s1. The van der Waals surface area contributed by atoms with Gasteiger partial charge in [0.15, 0.2) is 5.78 Å². The first-order valence-corrected chi connectivity index (χ1v) is 8.61. The molecule has 1 heterocycles. The van der Waals surface area contributed by atoms with Crippen molar-refractivity contribution < 1.29 is 14.3 Å². The lowest BCUT2D eigenvalue weighted by atomic mass is 10.1. The van der Waals surface area contributed by atoms with E-state index in [0.29, 0.717) is 6.42 Å². The molecule has 136 valence electrons. The third-order valence-electron chi connectivity index (χ3n) is 4.00. The van der Waals surface area contributed by atoms with Gasteiger partial charge in [0.05, 0.1) is 12.5 Å². The number of ether oxygens (including phenoxy) is 1. The predicted octanol–water partition coefficient (Wildman–Crippen LogP) is 2.91. The molecule has 26 heavy (non-hydrogen) atoms. The van der Waals surface area contributed by atoms with Crippen LogP contribution in [0.2, 0.25) is 0 Å². The molecule has 0 saturated carbocycles. The summed E-state index contributed by atoms with van der Waals surface area (Å²) in [6.45, 7) is 2.21. The lowest BCUT2D eigenvalue weighted by Crippen LogP contribution is -2.32. The van der Waals surface area contributed by atoms with E-state index in [1.807, 2.05) is 49.5 Å². The van der Waals surface area contributed by atoms with Crippen LogP contribution in [-0.2, 0) is 27.4 Å². The molecule has 2 rings (SSSR count). The van der Waals surface area contributed by atoms with Gasteiger partial charge >= 0.3 is 5.97 Å². The Morgan fingerprint density at radius 1 is 1.23 bits per heavy atom. The first-order chi connectivity index (χ1) is 12.6. The van der Waals surface area contributed by atoms with E-state index in [1.165, 1.54) is 11.6 Å². The molecule has 1 atom stereocenters. The number of benzene rings is 1. The number of hydrogen-bond acceptors (Lipinski definition) is 5. The summed E-state index contributed by atoms with van der Waals surface area (Å²) in [4.78, 5) is 27.9. The second kappa shape index (κ2) is 10.3. The van der Waals surface area contributed by atoms with Crippen LogP contribution in [0.5, 0.6) is 0 Å². The minimum atomic E-state index is -0.880. The second-order valence-electron chi connectivity index (χ2n) is 6.10. The predicted molar refractivity (Wildman–Crippen MR) is 100 cm³/mol. The Labute approximate surface area is 153 Å². The normalized spacial score (nSPS) is 12.1. The van der Waals surface area contributed by atoms with E-state index in [-0.39, 0.29) is 18.8 Å². The van der Waals surface area contributed by atoms with Crippen LogP contribution in [-0.4, -0.2) is 22.8 Å². The van der Waals surface area contributed by atoms with Crippen molar-refractivity contribution >= 4 is 11.8 Å². The maximum Gasteiger partial charge on any atom is 0.308 e. The van der Waals surface area contributed by atoms with Gasteiger partial charge in [-0.05, 0) is 48.6 Å². The van der Waals surface area contributed by atoms with Crippen LogP contribution >= 0.6 is 0 Å². The quantitative estimate of drug-likeness (QED) is 0.554. The van der Waals surface area contributed by atoms with E-state index in [9.17, 15) is 9.59 Å². The molecular weight excluding hydrogens is 328 g/mol. The molecule has 0 radical (unpaired) electrons. The highest BCUT2D eigenvalue weighted by molar-refractivity contribution is 5.96. The summed E-state index contributed by atoms with van der Waals surface area (Å²) in [6, 6.07) is 10.4. The second-order valence-corrected chi connectivity index (χ2v) is 6.10. The average Bonchev–Trinajstić information content (AvgIpc) is 2.65. The van der Waals surface area contributed by atoms with E-state index < -0.39 is 12.0 Å². The third kappa shape index (κ3) is 6.61. The van der Waals surface area contributed by atoms with Crippen molar-refractivity contribution in [3.63, 3.8) is 0 Å². The Bertz CT molecular complexity index is 757. The van der Waals surface area contributed by atoms with Gasteiger partial charge in [0.1, 0.15) is 6.61 Å². The Hall–Kier alpha value is -2.79. The summed E-state index contributed by atoms with van der Waals surface area (Å²) in [7, 11) is 0. The van der Waals surface area contributed by atoms with Gasteiger partial charge in [-0.2, -0.15) is 0 Å². The van der Waals surface area contributed by atoms with Crippen LogP contribution in [0, 0.1) is 6.92 Å². The summed E-state index contributed by atoms with van der Waals surface area (Å²) in [5.41, 5.74) is 9.02. The van der Waals surface area contributed by atoms with Crippen LogP contribution in [0.1, 0.15) is 29.5 Å². The zero-order valence-electron chi connectivity index (χ0n) is 14.9. The molecule has 0 aliphatic rings. The van der Waals surface area contributed by atoms with E-state index in [2.05, 4.69) is 4.98 Å². The lowest BCUT2D eigenvalue weighted by molar-refractivity contribution is -0.146. The van der Waals surface area contributed by atoms with E-state index in [0.717, 1.165) is 17.5 Å². The zero-order valence-corrected chi connectivity index (χ0v) is 14.9. The van der Waals surface area contributed by atoms with Crippen molar-refractivity contribution in [2.45, 2.75) is 38.8 Å². The molecule has 5 heteroatoms. The smallest absolute Gasteiger partial charge is 0.308 e. The number of aryl methyl sites for hydroxylation is 2. The Balaban J connectivity index is 1.71. The number of hydrogen-bond donors (Lipinski definition) is 1. The molecule has 0 amide bonds. The number of nitrogens with zero attached hydrogens (tertiary/aromatic N) is 1. The molecule has 1 aromatic heterocycles. The van der Waals surface area contributed by atoms with Crippen LogP contribution in [0.4, 0.5) is 0 Å². The molecule has 0 unspecified atom stereocenters. The highest BCUT2D eigenvalue weighted by Gasteiger charge is 2.16. The van der Waals surface area contributed by atoms with Crippen molar-refractivity contribution in [1.82, 2.24) is 4.98 Å². The molecule has 2 aromatic rings. The maximum atomic E-state index is 12.0. The molecule has 0 spiro atoms. The molecule has 0 bridgehead atoms. The number of nitrogens with two attached hydrogens (primary N) is 1. The first kappa shape index (κ1) is 19.5. The van der Waals surface area contributed by atoms with Crippen LogP contribution in [0.15, 0.2) is 60.9 Å². The van der Waals surface area contributed by atoms with Crippen molar-refractivity contribution in [3.05, 3.63) is 77.6 Å². The molecule has 5 nitrogen and oxygen atoms in total. The minimum Gasteiger partial charge on any atom is -0.461 e. The molecule has 0 aliphatic heterocycles. The highest BCUT2D eigenvalue weighted by Crippen LogP contribution is 2.08. The molecule has 1 aromatic carbocycles. The molecule has 0 aliphatic carbocycles. The summed E-state index contributed by atoms with van der Waals surface area (Å²) >= 11 is 0. The van der Waals surface area contributed by atoms with Gasteiger partial charge < -0.3 is 10.5 Å². The van der Waals surface area contributed by atoms with E-state index >= 15 is 0 Å². The van der Waals surface area contributed by atoms with Crippen molar-refractivity contribution in [1.29, 1.82) is 0 Å². The van der Waals surface area contributed by atoms with Gasteiger partial charge in [0, 0.05) is 12.4 Å². The van der Waals surface area contributed by atoms with Gasteiger partial charge in [0.25, 0.3) is 0 Å². The molecule has 2 N–H and O–H groups in total. The van der Waals surface area contributed by atoms with Crippen LogP contribution < -0.4 is 5.73 Å². The number of ketones is 1. The summed E-state index contributed by atoms with van der Waals surface area (Å²) in [5, 5.41) is 0. The molecular formula is C21H24N2O3. The largest absolute Gasteiger partial charge is 0.461 e. The first-order valence-electron chi connectivity index (χ1n) is 8.61. The Morgan fingerprint density at radius 2 is 2.00 bits per heavy atom. The fourth-order valence-corrected chi connectivity index (χ4v) is 2.40. The zero-order chi connectivity index (χ0) is 18.8. The lowest BCUT2D eigenvalue weighted by Gasteiger charge is -2.08. The topological polar surface area (TPSA) is 82.3 Å². The van der Waals surface area contributed by atoms with Crippen LogP contribution in [0.25, 0.3) is 0 Å². The number of aromatic nitrogens is 1. The van der Waals surface area contributed by atoms with Crippen molar-refractivity contribution in [2.24, 2.45) is 5.73 Å². The summed E-state index contributed by atoms with van der Waals surface area (Å²) in [6.07, 6.45) is 8.21. The van der Waals surface area contributed by atoms with Crippen molar-refractivity contribution in [3.8, 4) is 0 Å². The fraction of sp³-hybridized carbons (Fsp3) is 0.286. The van der Waals surface area contributed by atoms with Crippen molar-refractivity contribution in [2.75, 3.05) is 0 Å².